The van der Waals surface area contributed by atoms with Crippen LogP contribution in [0.2, 0.25) is 0 Å². The molecule has 5 nitrogen and oxygen atoms in total. The molecule has 17 heavy (non-hydrogen) atoms. The van der Waals surface area contributed by atoms with E-state index < -0.39 is 18.1 Å². The van der Waals surface area contributed by atoms with Crippen LogP contribution in [0.15, 0.2) is 30.3 Å². The van der Waals surface area contributed by atoms with Crippen molar-refractivity contribution in [3.63, 3.8) is 0 Å². The summed E-state index contributed by atoms with van der Waals surface area (Å²) in [5, 5.41) is 2.25. The highest BCUT2D eigenvalue weighted by molar-refractivity contribution is 5.97. The Morgan fingerprint density at radius 3 is 2.29 bits per heavy atom. The van der Waals surface area contributed by atoms with Gasteiger partial charge in [0, 0.05) is 0 Å². The molecule has 1 N–H and O–H groups in total. The summed E-state index contributed by atoms with van der Waals surface area (Å²) in [7, 11) is 0. The second kappa shape index (κ2) is 5.79. The van der Waals surface area contributed by atoms with Gasteiger partial charge in [-0.3, -0.25) is 4.79 Å². The summed E-state index contributed by atoms with van der Waals surface area (Å²) in [6.07, 6.45) is -0.929. The number of hydrogen-bond donors (Lipinski definition) is 1. The maximum absolute atomic E-state index is 11.4. The lowest BCUT2D eigenvalue weighted by Crippen LogP contribution is -2.38. The number of Topliss-reactive ketones (excluding diaryl/α,β-unsaturated/α-hetero) is 1. The fourth-order valence-corrected chi connectivity index (χ4v) is 1.03. The molecule has 1 aromatic carbocycles. The topological polar surface area (TPSA) is 72.5 Å². The normalized spacial score (nSPS) is 11.4. The summed E-state index contributed by atoms with van der Waals surface area (Å²) in [5.74, 6) is -0.965. The first-order valence-electron chi connectivity index (χ1n) is 5.09. The van der Waals surface area contributed by atoms with Crippen LogP contribution >= 0.6 is 0 Å². The Bertz CT molecular complexity index is 427. The number of nitrogens with one attached hydrogen (secondary N) is 1. The van der Waals surface area contributed by atoms with Crippen LogP contribution in [-0.4, -0.2) is 23.9 Å². The van der Waals surface area contributed by atoms with Gasteiger partial charge in [-0.25, -0.2) is 9.59 Å². The Balaban J connectivity index is 2.53. The van der Waals surface area contributed by atoms with Crippen molar-refractivity contribution in [3.05, 3.63) is 35.9 Å². The minimum atomic E-state index is -0.929. The van der Waals surface area contributed by atoms with Gasteiger partial charge >= 0.3 is 12.1 Å². The van der Waals surface area contributed by atoms with Crippen molar-refractivity contribution in [3.8, 4) is 0 Å². The zero-order valence-electron chi connectivity index (χ0n) is 9.60. The quantitative estimate of drug-likeness (QED) is 0.637. The van der Waals surface area contributed by atoms with Gasteiger partial charge in [-0.2, -0.15) is 0 Å². The molecule has 0 bridgehead atoms. The van der Waals surface area contributed by atoms with Crippen LogP contribution in [0.4, 0.5) is 4.79 Å². The summed E-state index contributed by atoms with van der Waals surface area (Å²) in [6, 6.07) is 7.45. The largest absolute Gasteiger partial charge is 0.415 e. The van der Waals surface area contributed by atoms with E-state index in [0.29, 0.717) is 0 Å². The zero-order chi connectivity index (χ0) is 12.8. The molecule has 1 unspecified atom stereocenters. The molecule has 0 aliphatic heterocycles. The Morgan fingerprint density at radius 2 is 1.76 bits per heavy atom. The first-order chi connectivity index (χ1) is 8.00. The van der Waals surface area contributed by atoms with Gasteiger partial charge in [0.25, 0.3) is 0 Å². The number of rotatable bonds is 3. The Kier molecular flexibility index (Phi) is 4.39. The minimum absolute atomic E-state index is 0.214. The summed E-state index contributed by atoms with van der Waals surface area (Å²) < 4.78 is 4.52. The number of carbonyl (C=O) groups is 3. The molecule has 0 aromatic heterocycles. The molecule has 0 fully saturated rings. The molecule has 5 heteroatoms. The number of alkyl carbamates (subject to hydrolysis) is 1. The Labute approximate surface area is 98.8 Å². The first kappa shape index (κ1) is 12.9. The number of hydrogen-bond acceptors (Lipinski definition) is 4. The monoisotopic (exact) mass is 235 g/mol. The molecule has 0 heterocycles. The molecule has 1 amide bonds. The molecule has 0 spiro atoms. The lowest BCUT2D eigenvalue weighted by Gasteiger charge is -2.09. The summed E-state index contributed by atoms with van der Waals surface area (Å²) in [5.41, 5.74) is 0.276. The van der Waals surface area contributed by atoms with Crippen molar-refractivity contribution in [2.24, 2.45) is 0 Å². The van der Waals surface area contributed by atoms with Crippen molar-refractivity contribution in [1.82, 2.24) is 5.32 Å². The van der Waals surface area contributed by atoms with Crippen LogP contribution in [-0.2, 0) is 9.53 Å². The van der Waals surface area contributed by atoms with Crippen LogP contribution in [0.1, 0.15) is 24.2 Å². The number of ketones is 1. The van der Waals surface area contributed by atoms with Crippen LogP contribution < -0.4 is 5.32 Å². The molecule has 0 aliphatic rings. The molecular formula is C12H13NO4. The maximum Gasteiger partial charge on any atom is 0.415 e. The minimum Gasteiger partial charge on any atom is -0.373 e. The van der Waals surface area contributed by atoms with Crippen molar-refractivity contribution in [2.45, 2.75) is 19.9 Å². The van der Waals surface area contributed by atoms with Crippen LogP contribution in [0.5, 0.6) is 0 Å². The molecule has 90 valence electrons. The second-order valence-electron chi connectivity index (χ2n) is 3.52. The average molecular weight is 235 g/mol. The fraction of sp³-hybridized carbons (Fsp3) is 0.250. The van der Waals surface area contributed by atoms with E-state index in [1.807, 2.05) is 0 Å². The van der Waals surface area contributed by atoms with Gasteiger partial charge in [0.1, 0.15) is 0 Å². The summed E-state index contributed by atoms with van der Waals surface area (Å²) in [6.45, 7) is 2.85. The van der Waals surface area contributed by atoms with Gasteiger partial charge in [-0.15, -0.1) is 0 Å². The average Bonchev–Trinajstić information content (AvgIpc) is 2.29. The van der Waals surface area contributed by atoms with Crippen molar-refractivity contribution >= 4 is 17.8 Å². The van der Waals surface area contributed by atoms with E-state index in [0.717, 1.165) is 0 Å². The van der Waals surface area contributed by atoms with Crippen LogP contribution in [0, 0.1) is 0 Å². The number of benzene rings is 1. The lowest BCUT2D eigenvalue weighted by atomic mass is 10.2. The van der Waals surface area contributed by atoms with Gasteiger partial charge in [0.2, 0.25) is 0 Å². The van der Waals surface area contributed by atoms with Gasteiger partial charge in [-0.1, -0.05) is 18.2 Å². The highest BCUT2D eigenvalue weighted by Gasteiger charge is 2.16. The summed E-state index contributed by atoms with van der Waals surface area (Å²) >= 11 is 0. The number of amides is 1. The van der Waals surface area contributed by atoms with E-state index in [1.54, 1.807) is 18.2 Å². The van der Waals surface area contributed by atoms with Gasteiger partial charge < -0.3 is 10.1 Å². The third-order valence-electron chi connectivity index (χ3n) is 2.14. The highest BCUT2D eigenvalue weighted by Crippen LogP contribution is 2.01. The van der Waals surface area contributed by atoms with E-state index in [9.17, 15) is 14.4 Å². The van der Waals surface area contributed by atoms with Crippen LogP contribution in [0.25, 0.3) is 0 Å². The van der Waals surface area contributed by atoms with Crippen molar-refractivity contribution in [1.29, 1.82) is 0 Å². The number of carbonyl (C=O) groups excluding carboxylic acids is 3. The molecule has 0 radical (unpaired) electrons. The standard InChI is InChI=1S/C12H13NO4/c1-8(9(2)14)13-12(16)17-11(15)10-6-4-3-5-7-10/h3-8H,1-2H3,(H,13,16). The molecule has 1 aromatic rings. The summed E-state index contributed by atoms with van der Waals surface area (Å²) in [4.78, 5) is 33.6. The number of esters is 1. The Morgan fingerprint density at radius 1 is 1.18 bits per heavy atom. The molecule has 0 saturated heterocycles. The predicted molar refractivity (Wildman–Crippen MR) is 60.5 cm³/mol. The van der Waals surface area contributed by atoms with E-state index in [2.05, 4.69) is 10.1 Å². The molecular weight excluding hydrogens is 222 g/mol. The molecule has 1 atom stereocenters. The van der Waals surface area contributed by atoms with E-state index in [1.165, 1.54) is 26.0 Å². The number of ether oxygens (including phenoxy) is 1. The zero-order valence-corrected chi connectivity index (χ0v) is 9.60. The van der Waals surface area contributed by atoms with E-state index in [-0.39, 0.29) is 11.3 Å². The van der Waals surface area contributed by atoms with Gasteiger partial charge in [0.15, 0.2) is 5.78 Å². The molecule has 1 rings (SSSR count). The molecule has 0 aliphatic carbocycles. The maximum atomic E-state index is 11.4. The third kappa shape index (κ3) is 4.06. The second-order valence-corrected chi connectivity index (χ2v) is 3.52. The highest BCUT2D eigenvalue weighted by atomic mass is 16.6. The van der Waals surface area contributed by atoms with Gasteiger partial charge in [-0.05, 0) is 26.0 Å². The predicted octanol–water partition coefficient (Wildman–Crippen LogP) is 1.53. The van der Waals surface area contributed by atoms with E-state index >= 15 is 0 Å². The van der Waals surface area contributed by atoms with Crippen LogP contribution in [0.3, 0.4) is 0 Å². The smallest absolute Gasteiger partial charge is 0.373 e. The van der Waals surface area contributed by atoms with Crippen molar-refractivity contribution in [2.75, 3.05) is 0 Å². The first-order valence-corrected chi connectivity index (χ1v) is 5.09. The Hall–Kier alpha value is -2.17. The third-order valence-corrected chi connectivity index (χ3v) is 2.14. The lowest BCUT2D eigenvalue weighted by molar-refractivity contribution is -0.118. The van der Waals surface area contributed by atoms with Gasteiger partial charge in [0.05, 0.1) is 11.6 Å². The van der Waals surface area contributed by atoms with Crippen molar-refractivity contribution < 1.29 is 19.1 Å². The van der Waals surface area contributed by atoms with E-state index in [4.69, 9.17) is 0 Å². The fourth-order valence-electron chi connectivity index (χ4n) is 1.03. The SMILES string of the molecule is CC(=O)C(C)NC(=O)OC(=O)c1ccccc1. The molecule has 0 saturated carbocycles.